The van der Waals surface area contributed by atoms with Crippen molar-refractivity contribution in [1.29, 1.82) is 0 Å². The summed E-state index contributed by atoms with van der Waals surface area (Å²) in [6.45, 7) is 7.34. The lowest BCUT2D eigenvalue weighted by Gasteiger charge is -2.08. The summed E-state index contributed by atoms with van der Waals surface area (Å²) < 4.78 is 1.86. The van der Waals surface area contributed by atoms with Gasteiger partial charge in [-0.1, -0.05) is 26.0 Å². The number of aromatic nitrogens is 2. The number of nitrogens with zero attached hydrogens (tertiary/aromatic N) is 2. The molecule has 0 aliphatic carbocycles. The number of amides is 1. The highest BCUT2D eigenvalue weighted by molar-refractivity contribution is 5.95. The second kappa shape index (κ2) is 7.77. The first kappa shape index (κ1) is 17.7. The minimum Gasteiger partial charge on any atom is -0.478 e. The smallest absolute Gasteiger partial charge is 0.335 e. The Bertz CT molecular complexity index is 718. The zero-order valence-electron chi connectivity index (χ0n) is 14.2. The van der Waals surface area contributed by atoms with Gasteiger partial charge in [-0.05, 0) is 37.0 Å². The molecule has 0 saturated carbocycles. The number of nitrogens with one attached hydrogen (secondary N) is 1. The van der Waals surface area contributed by atoms with Gasteiger partial charge in [0.25, 0.3) is 5.91 Å². The molecule has 0 atom stereocenters. The van der Waals surface area contributed by atoms with Crippen LogP contribution in [0.1, 0.15) is 52.2 Å². The molecule has 0 spiro atoms. The third kappa shape index (κ3) is 4.44. The van der Waals surface area contributed by atoms with Crippen molar-refractivity contribution in [3.05, 3.63) is 52.8 Å². The molecule has 0 radical (unpaired) electrons. The van der Waals surface area contributed by atoms with Crippen LogP contribution in [0.15, 0.2) is 30.5 Å². The van der Waals surface area contributed by atoms with Crippen molar-refractivity contribution in [2.75, 3.05) is 0 Å². The monoisotopic (exact) mass is 329 g/mol. The van der Waals surface area contributed by atoms with Crippen LogP contribution in [-0.2, 0) is 13.1 Å². The summed E-state index contributed by atoms with van der Waals surface area (Å²) in [4.78, 5) is 23.1. The molecule has 0 unspecified atom stereocenters. The summed E-state index contributed by atoms with van der Waals surface area (Å²) in [5, 5.41) is 16.0. The Hall–Kier alpha value is -2.63. The topological polar surface area (TPSA) is 84.2 Å². The summed E-state index contributed by atoms with van der Waals surface area (Å²) in [6, 6.07) is 6.45. The van der Waals surface area contributed by atoms with E-state index in [1.165, 1.54) is 12.1 Å². The molecule has 2 N–H and O–H groups in total. The molecule has 0 aliphatic rings. The van der Waals surface area contributed by atoms with Crippen LogP contribution in [0.5, 0.6) is 0 Å². The molecule has 0 aliphatic heterocycles. The van der Waals surface area contributed by atoms with Gasteiger partial charge in [-0.3, -0.25) is 9.48 Å². The van der Waals surface area contributed by atoms with Gasteiger partial charge in [0.2, 0.25) is 0 Å². The second-order valence-electron chi connectivity index (χ2n) is 6.23. The number of hydrogen-bond acceptors (Lipinski definition) is 3. The number of aromatic carboxylic acids is 1. The number of hydrogen-bond donors (Lipinski definition) is 2. The van der Waals surface area contributed by atoms with Crippen LogP contribution in [0.3, 0.4) is 0 Å². The minimum absolute atomic E-state index is 0.175. The number of carbonyl (C=O) groups is 2. The van der Waals surface area contributed by atoms with Gasteiger partial charge in [0.05, 0.1) is 17.3 Å². The molecule has 128 valence electrons. The van der Waals surface area contributed by atoms with E-state index in [1.54, 1.807) is 18.3 Å². The first-order chi connectivity index (χ1) is 11.4. The molecule has 1 heterocycles. The Balaban J connectivity index is 1.96. The first-order valence-corrected chi connectivity index (χ1v) is 8.01. The molecule has 2 rings (SSSR count). The van der Waals surface area contributed by atoms with Crippen molar-refractivity contribution < 1.29 is 14.7 Å². The fraction of sp³-hybridized carbons (Fsp3) is 0.389. The Labute approximate surface area is 141 Å². The van der Waals surface area contributed by atoms with Crippen molar-refractivity contribution in [1.82, 2.24) is 15.1 Å². The fourth-order valence-electron chi connectivity index (χ4n) is 2.32. The predicted molar refractivity (Wildman–Crippen MR) is 91.0 cm³/mol. The summed E-state index contributed by atoms with van der Waals surface area (Å²) in [7, 11) is 0. The number of benzene rings is 1. The van der Waals surface area contributed by atoms with Gasteiger partial charge in [0, 0.05) is 18.8 Å². The van der Waals surface area contributed by atoms with Gasteiger partial charge in [0.1, 0.15) is 0 Å². The molecule has 1 aromatic carbocycles. The van der Waals surface area contributed by atoms with Gasteiger partial charge >= 0.3 is 5.97 Å². The van der Waals surface area contributed by atoms with Crippen LogP contribution < -0.4 is 5.32 Å². The number of carboxylic acid groups (broad SMARTS) is 1. The van der Waals surface area contributed by atoms with E-state index in [4.69, 9.17) is 5.11 Å². The van der Waals surface area contributed by atoms with Crippen LogP contribution in [-0.4, -0.2) is 26.8 Å². The maximum atomic E-state index is 12.3. The SMILES string of the molecule is Cc1c(C(=O)NCc2ccc(C(=O)O)cc2)cnn1CCC(C)C. The van der Waals surface area contributed by atoms with Crippen LogP contribution in [0.2, 0.25) is 0 Å². The molecule has 0 bridgehead atoms. The Kier molecular flexibility index (Phi) is 5.73. The summed E-state index contributed by atoms with van der Waals surface area (Å²) in [5.74, 6) is -0.555. The zero-order chi connectivity index (χ0) is 17.7. The third-order valence-electron chi connectivity index (χ3n) is 3.92. The molecule has 6 nitrogen and oxygen atoms in total. The van der Waals surface area contributed by atoms with Crippen LogP contribution in [0.25, 0.3) is 0 Å². The van der Waals surface area contributed by atoms with E-state index in [1.807, 2.05) is 11.6 Å². The first-order valence-electron chi connectivity index (χ1n) is 8.01. The minimum atomic E-state index is -0.963. The van der Waals surface area contributed by atoms with Gasteiger partial charge in [-0.25, -0.2) is 4.79 Å². The predicted octanol–water partition coefficient (Wildman–Crippen LogP) is 2.87. The number of rotatable bonds is 7. The van der Waals surface area contributed by atoms with Gasteiger partial charge in [0.15, 0.2) is 0 Å². The fourth-order valence-corrected chi connectivity index (χ4v) is 2.32. The van der Waals surface area contributed by atoms with E-state index in [2.05, 4.69) is 24.3 Å². The van der Waals surface area contributed by atoms with E-state index in [0.717, 1.165) is 24.2 Å². The molecular weight excluding hydrogens is 306 g/mol. The van der Waals surface area contributed by atoms with Gasteiger partial charge < -0.3 is 10.4 Å². The highest BCUT2D eigenvalue weighted by Crippen LogP contribution is 2.11. The lowest BCUT2D eigenvalue weighted by atomic mass is 10.1. The largest absolute Gasteiger partial charge is 0.478 e. The molecule has 0 saturated heterocycles. The van der Waals surface area contributed by atoms with Crippen LogP contribution in [0, 0.1) is 12.8 Å². The van der Waals surface area contributed by atoms with Crippen molar-refractivity contribution in [3.8, 4) is 0 Å². The Morgan fingerprint density at radius 1 is 1.25 bits per heavy atom. The molecule has 2 aromatic rings. The van der Waals surface area contributed by atoms with Gasteiger partial charge in [-0.2, -0.15) is 5.10 Å². The van der Waals surface area contributed by atoms with Crippen molar-refractivity contribution in [2.45, 2.75) is 40.3 Å². The van der Waals surface area contributed by atoms with Crippen molar-refractivity contribution in [2.24, 2.45) is 5.92 Å². The molecule has 0 fully saturated rings. The van der Waals surface area contributed by atoms with E-state index in [-0.39, 0.29) is 11.5 Å². The highest BCUT2D eigenvalue weighted by Gasteiger charge is 2.14. The maximum absolute atomic E-state index is 12.3. The molecule has 1 aromatic heterocycles. The van der Waals surface area contributed by atoms with E-state index >= 15 is 0 Å². The third-order valence-corrected chi connectivity index (χ3v) is 3.92. The quantitative estimate of drug-likeness (QED) is 0.818. The van der Waals surface area contributed by atoms with Crippen LogP contribution >= 0.6 is 0 Å². The number of carbonyl (C=O) groups excluding carboxylic acids is 1. The number of carboxylic acids is 1. The normalized spacial score (nSPS) is 10.8. The summed E-state index contributed by atoms with van der Waals surface area (Å²) >= 11 is 0. The van der Waals surface area contributed by atoms with Crippen LogP contribution in [0.4, 0.5) is 0 Å². The van der Waals surface area contributed by atoms with E-state index < -0.39 is 5.97 Å². The molecule has 1 amide bonds. The maximum Gasteiger partial charge on any atom is 0.335 e. The highest BCUT2D eigenvalue weighted by atomic mass is 16.4. The lowest BCUT2D eigenvalue weighted by molar-refractivity contribution is 0.0696. The summed E-state index contributed by atoms with van der Waals surface area (Å²) in [6.07, 6.45) is 2.61. The molecular formula is C18H23N3O3. The standard InChI is InChI=1S/C18H23N3O3/c1-12(2)8-9-21-13(3)16(11-20-21)17(22)19-10-14-4-6-15(7-5-14)18(23)24/h4-7,11-12H,8-10H2,1-3H3,(H,19,22)(H,23,24). The van der Waals surface area contributed by atoms with E-state index in [9.17, 15) is 9.59 Å². The zero-order valence-corrected chi connectivity index (χ0v) is 14.2. The molecule has 6 heteroatoms. The number of aryl methyl sites for hydroxylation is 1. The molecule has 24 heavy (non-hydrogen) atoms. The Morgan fingerprint density at radius 3 is 2.50 bits per heavy atom. The average molecular weight is 329 g/mol. The van der Waals surface area contributed by atoms with E-state index in [0.29, 0.717) is 18.0 Å². The van der Waals surface area contributed by atoms with Crippen molar-refractivity contribution >= 4 is 11.9 Å². The Morgan fingerprint density at radius 2 is 1.92 bits per heavy atom. The average Bonchev–Trinajstić information content (AvgIpc) is 2.92. The lowest BCUT2D eigenvalue weighted by Crippen LogP contribution is -2.23. The van der Waals surface area contributed by atoms with Gasteiger partial charge in [-0.15, -0.1) is 0 Å². The van der Waals surface area contributed by atoms with Crippen molar-refractivity contribution in [3.63, 3.8) is 0 Å². The summed E-state index contributed by atoms with van der Waals surface area (Å²) in [5.41, 5.74) is 2.50. The second-order valence-corrected chi connectivity index (χ2v) is 6.23.